The third-order valence-corrected chi connectivity index (χ3v) is 17.0. The van der Waals surface area contributed by atoms with Gasteiger partial charge in [-0.3, -0.25) is 0 Å². The Balaban J connectivity index is 0.812. The average molecular weight is 1030 g/mol. The molecule has 17 rings (SSSR count). The van der Waals surface area contributed by atoms with Crippen molar-refractivity contribution in [1.82, 2.24) is 24.9 Å². The topological polar surface area (TPSA) is 64.5 Å². The molecule has 0 saturated carbocycles. The summed E-state index contributed by atoms with van der Waals surface area (Å²) in [7, 11) is 0. The maximum absolute atomic E-state index is 5.40. The summed E-state index contributed by atoms with van der Waals surface area (Å²) in [5, 5.41) is 0. The van der Waals surface area contributed by atoms with Gasteiger partial charge in [0.25, 0.3) is 0 Å². The van der Waals surface area contributed by atoms with Gasteiger partial charge in [-0.25, -0.2) is 24.9 Å². The summed E-state index contributed by atoms with van der Waals surface area (Å²) in [6, 6.07) is 103. The molecule has 5 nitrogen and oxygen atoms in total. The van der Waals surface area contributed by atoms with E-state index in [-0.39, 0.29) is 11.8 Å². The normalized spacial score (nSPS) is 14.8. The number of aromatic nitrogens is 5. The Kier molecular flexibility index (Phi) is 10.9. The lowest BCUT2D eigenvalue weighted by atomic mass is 9.60. The molecule has 0 radical (unpaired) electrons. The summed E-state index contributed by atoms with van der Waals surface area (Å²) in [4.78, 5) is 26.0. The molecule has 2 atom stereocenters. The molecule has 5 heteroatoms. The van der Waals surface area contributed by atoms with E-state index in [0.717, 1.165) is 50.3 Å². The second-order valence-corrected chi connectivity index (χ2v) is 21.4. The van der Waals surface area contributed by atoms with E-state index in [4.69, 9.17) is 24.9 Å². The van der Waals surface area contributed by atoms with Crippen LogP contribution in [0.4, 0.5) is 0 Å². The molecule has 0 saturated heterocycles. The molecule has 0 aliphatic heterocycles. The third-order valence-electron chi connectivity index (χ3n) is 17.0. The Bertz CT molecular complexity index is 4480. The van der Waals surface area contributed by atoms with Gasteiger partial charge in [-0.1, -0.05) is 261 Å². The quantitative estimate of drug-likeness (QED) is 0.144. The van der Waals surface area contributed by atoms with Crippen LogP contribution >= 0.6 is 0 Å². The molecule has 11 aromatic carbocycles. The van der Waals surface area contributed by atoms with Crippen LogP contribution in [0, 0.1) is 0 Å². The predicted molar refractivity (Wildman–Crippen MR) is 326 cm³/mol. The first-order chi connectivity index (χ1) is 40.2. The standard InChI is InChI=1S/C76H49N5/c1-6-22-48(23-7-1)72-77-67(52-29-20-28-51(44-52)57-37-21-39-66-71(57)62-36-18-19-38-65(62)76(66,55-30-12-4-13-31-55)56-32-14-5-15-33-56)47-68(78-72)53-40-42-60-63(45-53)69-58-34-16-17-35-59(58)70(60)64-46-54(41-43-61(64)69)75-80-73(49-24-8-2-9-25-49)79-74(81-75)50-26-10-3-11-27-50/h1-47,69-70H. The average Bonchev–Trinajstić information content (AvgIpc) is 3.15. The number of hydrogen-bond acceptors (Lipinski definition) is 5. The van der Waals surface area contributed by atoms with Crippen molar-refractivity contribution in [3.05, 3.63) is 341 Å². The van der Waals surface area contributed by atoms with Crippen LogP contribution in [-0.4, -0.2) is 24.9 Å². The third kappa shape index (κ3) is 7.50. The summed E-state index contributed by atoms with van der Waals surface area (Å²) in [5.74, 6) is 2.69. The van der Waals surface area contributed by atoms with E-state index in [1.165, 1.54) is 72.3 Å². The molecule has 0 fully saturated rings. The predicted octanol–water partition coefficient (Wildman–Crippen LogP) is 17.7. The zero-order valence-corrected chi connectivity index (χ0v) is 44.0. The van der Waals surface area contributed by atoms with E-state index < -0.39 is 5.41 Å². The Morgan fingerprint density at radius 1 is 0.235 bits per heavy atom. The van der Waals surface area contributed by atoms with Crippen LogP contribution in [0.1, 0.15) is 67.5 Å². The van der Waals surface area contributed by atoms with Gasteiger partial charge in [0, 0.05) is 45.2 Å². The largest absolute Gasteiger partial charge is 0.228 e. The lowest BCUT2D eigenvalue weighted by Crippen LogP contribution is -2.28. The molecule has 81 heavy (non-hydrogen) atoms. The second kappa shape index (κ2) is 18.9. The summed E-state index contributed by atoms with van der Waals surface area (Å²) in [5.41, 5.74) is 24.9. The first-order valence-corrected chi connectivity index (χ1v) is 27.8. The van der Waals surface area contributed by atoms with Crippen LogP contribution in [-0.2, 0) is 5.41 Å². The number of benzene rings is 11. The first-order valence-electron chi connectivity index (χ1n) is 27.8. The van der Waals surface area contributed by atoms with E-state index >= 15 is 0 Å². The van der Waals surface area contributed by atoms with Crippen molar-refractivity contribution in [1.29, 1.82) is 0 Å². The van der Waals surface area contributed by atoms with Crippen LogP contribution in [0.3, 0.4) is 0 Å². The minimum atomic E-state index is -0.495. The van der Waals surface area contributed by atoms with E-state index in [2.05, 4.69) is 243 Å². The van der Waals surface area contributed by atoms with Crippen molar-refractivity contribution >= 4 is 0 Å². The molecule has 2 bridgehead atoms. The molecule has 0 amide bonds. The van der Waals surface area contributed by atoms with Crippen LogP contribution < -0.4 is 0 Å². The molecule has 13 aromatic rings. The van der Waals surface area contributed by atoms with Crippen molar-refractivity contribution in [2.75, 3.05) is 0 Å². The molecule has 2 aromatic heterocycles. The van der Waals surface area contributed by atoms with Crippen molar-refractivity contribution in [3.63, 3.8) is 0 Å². The van der Waals surface area contributed by atoms with Crippen molar-refractivity contribution < 1.29 is 0 Å². The lowest BCUT2D eigenvalue weighted by molar-refractivity contribution is 0.754. The van der Waals surface area contributed by atoms with Gasteiger partial charge >= 0.3 is 0 Å². The van der Waals surface area contributed by atoms with Gasteiger partial charge in [-0.15, -0.1) is 0 Å². The second-order valence-electron chi connectivity index (χ2n) is 21.4. The molecule has 0 spiro atoms. The molecule has 0 N–H and O–H groups in total. The Morgan fingerprint density at radius 3 is 1.19 bits per heavy atom. The lowest BCUT2D eigenvalue weighted by Gasteiger charge is -2.42. The van der Waals surface area contributed by atoms with Crippen molar-refractivity contribution in [2.45, 2.75) is 17.3 Å². The molecular weight excluding hydrogens is 983 g/mol. The highest BCUT2D eigenvalue weighted by atomic mass is 15.0. The fourth-order valence-electron chi connectivity index (χ4n) is 13.5. The van der Waals surface area contributed by atoms with Gasteiger partial charge in [0.05, 0.1) is 16.8 Å². The Labute approximate surface area is 470 Å². The number of rotatable bonds is 9. The molecule has 378 valence electrons. The number of hydrogen-bond donors (Lipinski definition) is 0. The highest BCUT2D eigenvalue weighted by molar-refractivity contribution is 5.96. The Morgan fingerprint density at radius 2 is 0.617 bits per heavy atom. The van der Waals surface area contributed by atoms with Gasteiger partial charge in [0.15, 0.2) is 23.3 Å². The summed E-state index contributed by atoms with van der Waals surface area (Å²) < 4.78 is 0. The summed E-state index contributed by atoms with van der Waals surface area (Å²) in [6.07, 6.45) is 0. The zero-order chi connectivity index (χ0) is 53.4. The van der Waals surface area contributed by atoms with E-state index in [1.54, 1.807) is 0 Å². The van der Waals surface area contributed by atoms with Crippen LogP contribution in [0.15, 0.2) is 285 Å². The van der Waals surface area contributed by atoms with Crippen molar-refractivity contribution in [3.8, 4) is 90.3 Å². The summed E-state index contributed by atoms with van der Waals surface area (Å²) >= 11 is 0. The van der Waals surface area contributed by atoms with Gasteiger partial charge in [0.2, 0.25) is 0 Å². The smallest absolute Gasteiger partial charge is 0.164 e. The highest BCUT2D eigenvalue weighted by Gasteiger charge is 2.47. The molecular formula is C76H49N5. The zero-order valence-electron chi connectivity index (χ0n) is 44.0. The van der Waals surface area contributed by atoms with E-state index in [1.807, 2.05) is 42.5 Å². The van der Waals surface area contributed by atoms with E-state index in [0.29, 0.717) is 23.3 Å². The number of nitrogens with zero attached hydrogens (tertiary/aromatic N) is 5. The monoisotopic (exact) mass is 1030 g/mol. The minimum absolute atomic E-state index is 0.0229. The fourth-order valence-corrected chi connectivity index (χ4v) is 13.5. The maximum Gasteiger partial charge on any atom is 0.164 e. The van der Waals surface area contributed by atoms with Gasteiger partial charge in [-0.2, -0.15) is 0 Å². The van der Waals surface area contributed by atoms with Gasteiger partial charge in [-0.05, 0) is 102 Å². The SMILES string of the molecule is c1ccc(-c2nc(-c3cccc(-c4cccc5c4-c4ccccc4C5(c4ccccc4)c4ccccc4)c3)cc(-c3ccc4c(c3)C3c5ccccc5C4c4cc(-c5nc(-c6ccccc6)nc(-c6ccccc6)n5)ccc43)n2)cc1. The van der Waals surface area contributed by atoms with Crippen LogP contribution in [0.25, 0.3) is 90.3 Å². The molecule has 2 heterocycles. The van der Waals surface area contributed by atoms with Gasteiger partial charge < -0.3 is 0 Å². The summed E-state index contributed by atoms with van der Waals surface area (Å²) in [6.45, 7) is 0. The molecule has 4 aliphatic carbocycles. The van der Waals surface area contributed by atoms with E-state index in [9.17, 15) is 0 Å². The Hall–Kier alpha value is -10.5. The van der Waals surface area contributed by atoms with Crippen LogP contribution in [0.5, 0.6) is 0 Å². The maximum atomic E-state index is 5.40. The van der Waals surface area contributed by atoms with Gasteiger partial charge in [0.1, 0.15) is 0 Å². The molecule has 2 unspecified atom stereocenters. The highest BCUT2D eigenvalue weighted by Crippen LogP contribution is 2.59. The number of fused-ring (bicyclic) bond motifs is 3. The van der Waals surface area contributed by atoms with Crippen LogP contribution in [0.2, 0.25) is 0 Å². The molecule has 4 aliphatic rings. The van der Waals surface area contributed by atoms with Crippen molar-refractivity contribution in [2.24, 2.45) is 0 Å². The minimum Gasteiger partial charge on any atom is -0.228 e. The fraction of sp³-hybridized carbons (Fsp3) is 0.0395. The first kappa shape index (κ1) is 46.6.